The van der Waals surface area contributed by atoms with Gasteiger partial charge in [0.15, 0.2) is 0 Å². The lowest BCUT2D eigenvalue weighted by molar-refractivity contribution is -0.117. The van der Waals surface area contributed by atoms with Crippen LogP contribution in [0, 0.1) is 0 Å². The van der Waals surface area contributed by atoms with E-state index in [9.17, 15) is 4.79 Å². The van der Waals surface area contributed by atoms with Gasteiger partial charge in [-0.05, 0) is 38.2 Å². The van der Waals surface area contributed by atoms with E-state index in [1.807, 2.05) is 48.9 Å². The van der Waals surface area contributed by atoms with Crippen molar-refractivity contribution in [1.29, 1.82) is 0 Å². The summed E-state index contributed by atoms with van der Waals surface area (Å²) in [4.78, 5) is 31.1. The molecule has 162 valence electrons. The molecule has 1 fully saturated rings. The highest BCUT2D eigenvalue weighted by molar-refractivity contribution is 7.99. The van der Waals surface area contributed by atoms with E-state index in [0.717, 1.165) is 53.2 Å². The fraction of sp³-hybridized carbons (Fsp3) is 0.318. The monoisotopic (exact) mass is 437 g/mol. The van der Waals surface area contributed by atoms with Crippen molar-refractivity contribution in [2.45, 2.75) is 22.8 Å². The second-order valence-corrected chi connectivity index (χ2v) is 8.80. The van der Waals surface area contributed by atoms with Crippen molar-refractivity contribution in [2.75, 3.05) is 43.4 Å². The Morgan fingerprint density at radius 1 is 1.26 bits per heavy atom. The minimum absolute atomic E-state index is 0.213. The molecule has 3 heterocycles. The molecular weight excluding hydrogens is 410 g/mol. The van der Waals surface area contributed by atoms with Crippen LogP contribution >= 0.6 is 11.8 Å². The van der Waals surface area contributed by atoms with Crippen molar-refractivity contribution in [3.05, 3.63) is 48.9 Å². The lowest BCUT2D eigenvalue weighted by Gasteiger charge is -2.32. The van der Waals surface area contributed by atoms with Crippen molar-refractivity contribution in [3.63, 3.8) is 0 Å². The number of nitrogens with two attached hydrogens (primary N) is 1. The number of carbonyl (C=O) groups is 1. The van der Waals surface area contributed by atoms with Crippen LogP contribution in [0.3, 0.4) is 0 Å². The van der Waals surface area contributed by atoms with E-state index in [2.05, 4.69) is 32.1 Å². The maximum Gasteiger partial charge on any atom is 0.240 e. The molecule has 4 rings (SSSR count). The first-order valence-corrected chi connectivity index (χ1v) is 11.1. The topological polar surface area (TPSA) is 103 Å². The molecule has 0 spiro atoms. The molecule has 8 nitrogen and oxygen atoms in total. The Morgan fingerprint density at radius 3 is 2.77 bits per heavy atom. The van der Waals surface area contributed by atoms with Gasteiger partial charge < -0.3 is 25.8 Å². The highest BCUT2D eigenvalue weighted by Gasteiger charge is 2.19. The van der Waals surface area contributed by atoms with Crippen LogP contribution in [0.2, 0.25) is 0 Å². The summed E-state index contributed by atoms with van der Waals surface area (Å²) in [5.41, 5.74) is 8.28. The Bertz CT molecular complexity index is 1030. The number of likely N-dealkylation sites (N-methyl/N-ethyl adjacent to an activating group) is 1. The number of benzene rings is 1. The van der Waals surface area contributed by atoms with Gasteiger partial charge in [0.2, 0.25) is 11.9 Å². The number of carbonyl (C=O) groups excluding carboxylic acids is 1. The molecule has 0 bridgehead atoms. The molecule has 3 aromatic rings. The Hall–Kier alpha value is -2.88. The van der Waals surface area contributed by atoms with Crippen LogP contribution in [0.15, 0.2) is 58.7 Å². The summed E-state index contributed by atoms with van der Waals surface area (Å²) >= 11 is 1.57. The van der Waals surface area contributed by atoms with Crippen LogP contribution < -0.4 is 16.0 Å². The van der Waals surface area contributed by atoms with Gasteiger partial charge in [-0.3, -0.25) is 4.79 Å². The zero-order valence-corrected chi connectivity index (χ0v) is 18.5. The zero-order chi connectivity index (χ0) is 21.8. The zero-order valence-electron chi connectivity index (χ0n) is 17.7. The Labute approximate surface area is 186 Å². The number of nitrogens with zero attached hydrogens (tertiary/aromatic N) is 4. The fourth-order valence-corrected chi connectivity index (χ4v) is 4.25. The van der Waals surface area contributed by atoms with E-state index in [1.165, 1.54) is 0 Å². The number of piperazine rings is 1. The molecule has 1 unspecified atom stereocenters. The lowest BCUT2D eigenvalue weighted by atomic mass is 10.2. The number of rotatable bonds is 6. The number of H-pyrrole nitrogens is 1. The van der Waals surface area contributed by atoms with E-state index in [-0.39, 0.29) is 5.91 Å². The largest absolute Gasteiger partial charge is 0.367 e. The molecule has 1 aliphatic rings. The molecule has 1 amide bonds. The summed E-state index contributed by atoms with van der Waals surface area (Å²) < 4.78 is 0. The minimum atomic E-state index is -0.563. The molecule has 2 aromatic heterocycles. The Kier molecular flexibility index (Phi) is 6.55. The summed E-state index contributed by atoms with van der Waals surface area (Å²) in [5.74, 6) is 0.543. The lowest BCUT2D eigenvalue weighted by Crippen LogP contribution is -2.45. The summed E-state index contributed by atoms with van der Waals surface area (Å²) in [5, 5.41) is 2.84. The smallest absolute Gasteiger partial charge is 0.240 e. The molecule has 0 saturated carbocycles. The van der Waals surface area contributed by atoms with Gasteiger partial charge in [-0.1, -0.05) is 17.8 Å². The molecule has 31 heavy (non-hydrogen) atoms. The third kappa shape index (κ3) is 5.25. The van der Waals surface area contributed by atoms with Gasteiger partial charge in [0.05, 0.1) is 16.6 Å². The average molecular weight is 438 g/mol. The van der Waals surface area contributed by atoms with Crippen LogP contribution in [0.4, 0.5) is 11.6 Å². The van der Waals surface area contributed by atoms with Crippen molar-refractivity contribution in [3.8, 4) is 11.3 Å². The van der Waals surface area contributed by atoms with E-state index >= 15 is 0 Å². The van der Waals surface area contributed by atoms with Crippen LogP contribution in [0.25, 0.3) is 11.3 Å². The van der Waals surface area contributed by atoms with E-state index in [0.29, 0.717) is 5.69 Å². The van der Waals surface area contributed by atoms with Crippen molar-refractivity contribution < 1.29 is 4.79 Å². The van der Waals surface area contributed by atoms with Crippen molar-refractivity contribution in [1.82, 2.24) is 19.9 Å². The molecule has 1 saturated heterocycles. The van der Waals surface area contributed by atoms with Crippen molar-refractivity contribution in [2.24, 2.45) is 5.73 Å². The molecule has 4 N–H and O–H groups in total. The quantitative estimate of drug-likeness (QED) is 0.545. The van der Waals surface area contributed by atoms with E-state index < -0.39 is 6.04 Å². The average Bonchev–Trinajstić information content (AvgIpc) is 3.29. The molecule has 9 heteroatoms. The number of nitrogens with one attached hydrogen (secondary N) is 2. The second kappa shape index (κ2) is 9.51. The highest BCUT2D eigenvalue weighted by Crippen LogP contribution is 2.36. The number of hydrogen-bond acceptors (Lipinski definition) is 7. The van der Waals surface area contributed by atoms with Crippen LogP contribution in [0.1, 0.15) is 6.92 Å². The number of anilines is 2. The number of aromatic amines is 1. The SMILES string of the molecule is CC(N)C(=O)Nc1cccc(Sc2cnc(N3CCN(C)CC3)nc2-c2cc[nH]c2)c1. The third-order valence-corrected chi connectivity index (χ3v) is 6.15. The summed E-state index contributed by atoms with van der Waals surface area (Å²) in [7, 11) is 2.13. The van der Waals surface area contributed by atoms with Gasteiger partial charge in [-0.2, -0.15) is 0 Å². The van der Waals surface area contributed by atoms with Crippen LogP contribution in [-0.4, -0.2) is 65.0 Å². The molecule has 1 aliphatic heterocycles. The van der Waals surface area contributed by atoms with Gasteiger partial charge >= 0.3 is 0 Å². The predicted molar refractivity (Wildman–Crippen MR) is 124 cm³/mol. The first-order valence-electron chi connectivity index (χ1n) is 10.3. The number of hydrogen-bond donors (Lipinski definition) is 3. The third-order valence-electron chi connectivity index (χ3n) is 5.14. The van der Waals surface area contributed by atoms with Gasteiger partial charge in [-0.25, -0.2) is 9.97 Å². The van der Waals surface area contributed by atoms with Gasteiger partial charge in [0.25, 0.3) is 0 Å². The first kappa shape index (κ1) is 21.4. The van der Waals surface area contributed by atoms with Gasteiger partial charge in [0, 0.05) is 60.9 Å². The maximum atomic E-state index is 11.9. The Balaban J connectivity index is 1.60. The molecule has 0 radical (unpaired) electrons. The summed E-state index contributed by atoms with van der Waals surface area (Å²) in [6.45, 7) is 5.49. The normalized spacial score (nSPS) is 15.6. The molecule has 1 aromatic carbocycles. The fourth-order valence-electron chi connectivity index (χ4n) is 3.29. The predicted octanol–water partition coefficient (Wildman–Crippen LogP) is 2.66. The highest BCUT2D eigenvalue weighted by atomic mass is 32.2. The standard InChI is InChI=1S/C22H27N7OS/c1-15(23)21(30)26-17-4-3-5-18(12-17)31-19-14-25-22(29-10-8-28(2)9-11-29)27-20(19)16-6-7-24-13-16/h3-7,12-15,24H,8-11,23H2,1-2H3,(H,26,30). The summed E-state index contributed by atoms with van der Waals surface area (Å²) in [6.07, 6.45) is 5.73. The van der Waals surface area contributed by atoms with E-state index in [1.54, 1.807) is 18.7 Å². The summed E-state index contributed by atoms with van der Waals surface area (Å²) in [6, 6.07) is 9.15. The van der Waals surface area contributed by atoms with E-state index in [4.69, 9.17) is 10.7 Å². The molecule has 0 aliphatic carbocycles. The van der Waals surface area contributed by atoms with Gasteiger partial charge in [-0.15, -0.1) is 0 Å². The van der Waals surface area contributed by atoms with Crippen LogP contribution in [0.5, 0.6) is 0 Å². The number of amides is 1. The maximum absolute atomic E-state index is 11.9. The Morgan fingerprint density at radius 2 is 2.06 bits per heavy atom. The van der Waals surface area contributed by atoms with Crippen molar-refractivity contribution >= 4 is 29.3 Å². The van der Waals surface area contributed by atoms with Gasteiger partial charge in [0.1, 0.15) is 0 Å². The first-order chi connectivity index (χ1) is 15.0. The van der Waals surface area contributed by atoms with Crippen LogP contribution in [-0.2, 0) is 4.79 Å². The second-order valence-electron chi connectivity index (χ2n) is 7.68. The molecular formula is C22H27N7OS. The molecule has 1 atom stereocenters. The number of aromatic nitrogens is 3. The minimum Gasteiger partial charge on any atom is -0.367 e.